The predicted octanol–water partition coefficient (Wildman–Crippen LogP) is 0.220. The molecule has 1 aromatic rings. The third-order valence-corrected chi connectivity index (χ3v) is 2.03. The highest BCUT2D eigenvalue weighted by molar-refractivity contribution is 6.32. The van der Waals surface area contributed by atoms with Crippen LogP contribution < -0.4 is 11.1 Å². The molecule has 0 saturated heterocycles. The van der Waals surface area contributed by atoms with Gasteiger partial charge in [0.1, 0.15) is 11.7 Å². The van der Waals surface area contributed by atoms with Crippen LogP contribution in [0.4, 0.5) is 5.69 Å². The van der Waals surface area contributed by atoms with E-state index in [-0.39, 0.29) is 17.3 Å². The quantitative estimate of drug-likeness (QED) is 0.585. The summed E-state index contributed by atoms with van der Waals surface area (Å²) in [7, 11) is 1.23. The molecule has 0 radical (unpaired) electrons. The number of rotatable bonds is 3. The van der Waals surface area contributed by atoms with Gasteiger partial charge in [-0.05, 0) is 6.07 Å². The Hall–Kier alpha value is -1.82. The van der Waals surface area contributed by atoms with Crippen LogP contribution in [0.25, 0.3) is 0 Å². The van der Waals surface area contributed by atoms with Crippen LogP contribution in [0.15, 0.2) is 12.3 Å². The van der Waals surface area contributed by atoms with Gasteiger partial charge in [0, 0.05) is 0 Å². The van der Waals surface area contributed by atoms with Crippen LogP contribution in [0.2, 0.25) is 5.15 Å². The molecule has 0 aliphatic carbocycles. The van der Waals surface area contributed by atoms with Gasteiger partial charge in [-0.1, -0.05) is 11.6 Å². The molecule has 0 bridgehead atoms. The fourth-order valence-electron chi connectivity index (χ4n) is 0.943. The number of anilines is 1. The minimum atomic E-state index is -0.554. The zero-order valence-corrected chi connectivity index (χ0v) is 9.25. The lowest BCUT2D eigenvalue weighted by molar-refractivity contribution is -0.139. The van der Waals surface area contributed by atoms with E-state index in [0.29, 0.717) is 5.69 Å². The zero-order chi connectivity index (χ0) is 12.1. The van der Waals surface area contributed by atoms with Gasteiger partial charge in [-0.15, -0.1) is 0 Å². The maximum Gasteiger partial charge on any atom is 0.325 e. The summed E-state index contributed by atoms with van der Waals surface area (Å²) in [5.74, 6) is -1.09. The Morgan fingerprint density at radius 2 is 2.31 bits per heavy atom. The van der Waals surface area contributed by atoms with E-state index < -0.39 is 11.9 Å². The first kappa shape index (κ1) is 12.3. The van der Waals surface area contributed by atoms with Crippen molar-refractivity contribution in [1.29, 1.82) is 0 Å². The smallest absolute Gasteiger partial charge is 0.325 e. The molecule has 1 amide bonds. The summed E-state index contributed by atoms with van der Waals surface area (Å²) in [6.07, 6.45) is 1.33. The number of nitrogen functional groups attached to an aromatic ring is 1. The van der Waals surface area contributed by atoms with Crippen LogP contribution in [0.5, 0.6) is 0 Å². The maximum atomic E-state index is 11.5. The number of esters is 1. The van der Waals surface area contributed by atoms with E-state index in [9.17, 15) is 9.59 Å². The number of methoxy groups -OCH3 is 1. The van der Waals surface area contributed by atoms with Gasteiger partial charge in [0.15, 0.2) is 0 Å². The van der Waals surface area contributed by atoms with E-state index >= 15 is 0 Å². The summed E-state index contributed by atoms with van der Waals surface area (Å²) in [6, 6.07) is 1.38. The van der Waals surface area contributed by atoms with Crippen molar-refractivity contribution in [3.05, 3.63) is 23.0 Å². The van der Waals surface area contributed by atoms with Crippen LogP contribution in [0.1, 0.15) is 10.4 Å². The van der Waals surface area contributed by atoms with Crippen LogP contribution in [-0.2, 0) is 9.53 Å². The Balaban J connectivity index is 2.73. The number of hydrogen-bond acceptors (Lipinski definition) is 5. The summed E-state index contributed by atoms with van der Waals surface area (Å²) >= 11 is 5.70. The number of hydrogen-bond donors (Lipinski definition) is 2. The second-order valence-electron chi connectivity index (χ2n) is 2.87. The van der Waals surface area contributed by atoms with Crippen LogP contribution in [0, 0.1) is 0 Å². The lowest BCUT2D eigenvalue weighted by Crippen LogP contribution is -2.30. The van der Waals surface area contributed by atoms with Gasteiger partial charge >= 0.3 is 5.97 Å². The molecule has 1 rings (SSSR count). The number of nitrogens with two attached hydrogens (primary N) is 1. The van der Waals surface area contributed by atoms with E-state index in [0.717, 1.165) is 0 Å². The van der Waals surface area contributed by atoms with Crippen LogP contribution in [-0.4, -0.2) is 30.5 Å². The van der Waals surface area contributed by atoms with E-state index in [1.54, 1.807) is 0 Å². The van der Waals surface area contributed by atoms with Gasteiger partial charge in [-0.25, -0.2) is 4.98 Å². The molecule has 16 heavy (non-hydrogen) atoms. The van der Waals surface area contributed by atoms with Crippen molar-refractivity contribution >= 4 is 29.2 Å². The molecule has 0 fully saturated rings. The van der Waals surface area contributed by atoms with Gasteiger partial charge in [-0.3, -0.25) is 9.59 Å². The number of halogens is 1. The molecule has 0 aliphatic heterocycles. The molecule has 7 heteroatoms. The number of aromatic nitrogens is 1. The van der Waals surface area contributed by atoms with Gasteiger partial charge in [-0.2, -0.15) is 0 Å². The standard InChI is InChI=1S/C9H10ClN3O3/c1-16-7(14)4-13-9(15)6-2-5(11)3-12-8(6)10/h2-3H,4,11H2,1H3,(H,13,15). The number of nitrogens with one attached hydrogen (secondary N) is 1. The summed E-state index contributed by atoms with van der Waals surface area (Å²) in [4.78, 5) is 26.0. The first-order valence-electron chi connectivity index (χ1n) is 4.30. The van der Waals surface area contributed by atoms with Crippen LogP contribution in [0.3, 0.4) is 0 Å². The molecule has 1 aromatic heterocycles. The van der Waals surface area contributed by atoms with Crippen molar-refractivity contribution in [1.82, 2.24) is 10.3 Å². The van der Waals surface area contributed by atoms with Crippen molar-refractivity contribution in [3.63, 3.8) is 0 Å². The van der Waals surface area contributed by atoms with Gasteiger partial charge in [0.2, 0.25) is 0 Å². The molecule has 0 spiro atoms. The number of carbonyl (C=O) groups is 2. The van der Waals surface area contributed by atoms with Crippen molar-refractivity contribution in [3.8, 4) is 0 Å². The Bertz CT molecular complexity index is 422. The molecule has 0 atom stereocenters. The lowest BCUT2D eigenvalue weighted by atomic mass is 10.2. The number of pyridine rings is 1. The van der Waals surface area contributed by atoms with Crippen LogP contribution >= 0.6 is 11.6 Å². The first-order chi connectivity index (χ1) is 7.54. The van der Waals surface area contributed by atoms with Crippen molar-refractivity contribution in [2.45, 2.75) is 0 Å². The molecule has 6 nitrogen and oxygen atoms in total. The molecule has 0 aliphatic rings. The van der Waals surface area contributed by atoms with Crippen molar-refractivity contribution in [2.24, 2.45) is 0 Å². The topological polar surface area (TPSA) is 94.3 Å². The minimum Gasteiger partial charge on any atom is -0.468 e. The summed E-state index contributed by atoms with van der Waals surface area (Å²) < 4.78 is 4.36. The molecule has 0 unspecified atom stereocenters. The van der Waals surface area contributed by atoms with E-state index in [1.807, 2.05) is 0 Å². The summed E-state index contributed by atoms with van der Waals surface area (Å²) in [5, 5.41) is 2.35. The highest BCUT2D eigenvalue weighted by Gasteiger charge is 2.12. The molecule has 86 valence electrons. The maximum absolute atomic E-state index is 11.5. The SMILES string of the molecule is COC(=O)CNC(=O)c1cc(N)cnc1Cl. The van der Waals surface area contributed by atoms with Gasteiger partial charge in [0.05, 0.1) is 24.6 Å². The van der Waals surface area contributed by atoms with Gasteiger partial charge in [0.25, 0.3) is 5.91 Å². The molecule has 0 saturated carbocycles. The minimum absolute atomic E-state index is 0.0246. The fourth-order valence-corrected chi connectivity index (χ4v) is 1.13. The van der Waals surface area contributed by atoms with E-state index in [1.165, 1.54) is 19.4 Å². The lowest BCUT2D eigenvalue weighted by Gasteiger charge is -2.05. The molecule has 3 N–H and O–H groups in total. The molecular formula is C9H10ClN3O3. The number of nitrogens with zero attached hydrogens (tertiary/aromatic N) is 1. The molecule has 1 heterocycles. The second-order valence-corrected chi connectivity index (χ2v) is 3.22. The summed E-state index contributed by atoms with van der Waals surface area (Å²) in [5.41, 5.74) is 5.88. The third kappa shape index (κ3) is 3.09. The Morgan fingerprint density at radius 3 is 2.94 bits per heavy atom. The monoisotopic (exact) mass is 243 g/mol. The second kappa shape index (κ2) is 5.32. The van der Waals surface area contributed by atoms with E-state index in [2.05, 4.69) is 15.0 Å². The Kier molecular flexibility index (Phi) is 4.07. The summed E-state index contributed by atoms with van der Waals surface area (Å²) in [6.45, 7) is -0.236. The van der Waals surface area contributed by atoms with Crippen molar-refractivity contribution < 1.29 is 14.3 Å². The fraction of sp³-hybridized carbons (Fsp3) is 0.222. The Labute approximate surface area is 96.7 Å². The highest BCUT2D eigenvalue weighted by atomic mass is 35.5. The highest BCUT2D eigenvalue weighted by Crippen LogP contribution is 2.14. The number of carbonyl (C=O) groups excluding carboxylic acids is 2. The number of ether oxygens (including phenoxy) is 1. The normalized spacial score (nSPS) is 9.62. The average Bonchev–Trinajstić information content (AvgIpc) is 2.28. The number of amides is 1. The molecular weight excluding hydrogens is 234 g/mol. The largest absolute Gasteiger partial charge is 0.468 e. The molecule has 0 aromatic carbocycles. The van der Waals surface area contributed by atoms with E-state index in [4.69, 9.17) is 17.3 Å². The van der Waals surface area contributed by atoms with Crippen molar-refractivity contribution in [2.75, 3.05) is 19.4 Å². The van der Waals surface area contributed by atoms with Gasteiger partial charge < -0.3 is 15.8 Å². The third-order valence-electron chi connectivity index (χ3n) is 1.73. The first-order valence-corrected chi connectivity index (χ1v) is 4.68. The zero-order valence-electron chi connectivity index (χ0n) is 8.49. The Morgan fingerprint density at radius 1 is 1.62 bits per heavy atom. The average molecular weight is 244 g/mol. The predicted molar refractivity (Wildman–Crippen MR) is 58.0 cm³/mol.